The maximum Gasteiger partial charge on any atom is 0.0440 e. The van der Waals surface area contributed by atoms with Gasteiger partial charge in [0.25, 0.3) is 0 Å². The van der Waals surface area contributed by atoms with Gasteiger partial charge < -0.3 is 0 Å². The van der Waals surface area contributed by atoms with Crippen LogP contribution in [0.3, 0.4) is 0 Å². The molecule has 0 aliphatic carbocycles. The van der Waals surface area contributed by atoms with Gasteiger partial charge in [-0.05, 0) is 100 Å². The molecule has 58 heavy (non-hydrogen) atoms. The van der Waals surface area contributed by atoms with E-state index in [-0.39, 0.29) is 0 Å². The quantitative estimate of drug-likeness (QED) is 0.124. The van der Waals surface area contributed by atoms with Crippen LogP contribution in [0.1, 0.15) is 0 Å². The molecule has 0 spiro atoms. The van der Waals surface area contributed by atoms with Crippen LogP contribution in [0.2, 0.25) is 0 Å². The number of hydrogen-bond donors (Lipinski definition) is 0. The molecule has 0 aliphatic rings. The molecule has 268 valence electrons. The lowest BCUT2D eigenvalue weighted by atomic mass is 9.84. The van der Waals surface area contributed by atoms with Crippen LogP contribution in [0.5, 0.6) is 0 Å². The van der Waals surface area contributed by atoms with E-state index in [1.54, 1.807) is 0 Å². The Balaban J connectivity index is 0.964. The Hall–Kier alpha value is -6.84. The fraction of sp³-hybridized carbons (Fsp3) is 0. The SMILES string of the molecule is c1ccc2c(-c3c4ccccc4c(-c4ccc5c(c4)sc4cc(-c6ccc7c(c6)sc6c8ccccc8c8ccccc8c76)ccc45)c4ccccc34)cccc2c1. The lowest BCUT2D eigenvalue weighted by molar-refractivity contribution is 1.69. The van der Waals surface area contributed by atoms with Crippen LogP contribution < -0.4 is 0 Å². The van der Waals surface area contributed by atoms with Crippen LogP contribution in [-0.2, 0) is 0 Å². The van der Waals surface area contributed by atoms with Crippen molar-refractivity contribution in [2.24, 2.45) is 0 Å². The largest absolute Gasteiger partial charge is 0.135 e. The van der Waals surface area contributed by atoms with Crippen molar-refractivity contribution in [1.29, 1.82) is 0 Å². The first-order valence-corrected chi connectivity index (χ1v) is 21.5. The van der Waals surface area contributed by atoms with Crippen LogP contribution in [0.4, 0.5) is 0 Å². The van der Waals surface area contributed by atoms with Gasteiger partial charge in [-0.25, -0.2) is 0 Å². The molecule has 0 radical (unpaired) electrons. The van der Waals surface area contributed by atoms with Crippen molar-refractivity contribution >= 4 is 117 Å². The minimum absolute atomic E-state index is 1.26. The van der Waals surface area contributed by atoms with E-state index < -0.39 is 0 Å². The number of fused-ring (bicyclic) bond motifs is 14. The Labute approximate surface area is 342 Å². The maximum absolute atomic E-state index is 2.43. The Morgan fingerprint density at radius 1 is 0.259 bits per heavy atom. The molecular formula is C56H32S2. The summed E-state index contributed by atoms with van der Waals surface area (Å²) >= 11 is 3.83. The smallest absolute Gasteiger partial charge is 0.0440 e. The summed E-state index contributed by atoms with van der Waals surface area (Å²) < 4.78 is 5.34. The lowest BCUT2D eigenvalue weighted by Crippen LogP contribution is -1.91. The molecule has 2 aromatic heterocycles. The third-order valence-electron chi connectivity index (χ3n) is 12.4. The fourth-order valence-electron chi connectivity index (χ4n) is 9.87. The molecule has 0 saturated heterocycles. The third kappa shape index (κ3) is 4.62. The molecule has 0 amide bonds. The predicted molar refractivity (Wildman–Crippen MR) is 256 cm³/mol. The van der Waals surface area contributed by atoms with Gasteiger partial charge in [-0.3, -0.25) is 0 Å². The summed E-state index contributed by atoms with van der Waals surface area (Å²) in [6.07, 6.45) is 0. The van der Waals surface area contributed by atoms with Gasteiger partial charge in [0.1, 0.15) is 0 Å². The van der Waals surface area contributed by atoms with Crippen molar-refractivity contribution in [3.05, 3.63) is 194 Å². The number of benzene rings is 11. The second-order valence-corrected chi connectivity index (χ2v) is 17.6. The molecule has 0 unspecified atom stereocenters. The molecule has 0 bridgehead atoms. The zero-order chi connectivity index (χ0) is 37.9. The summed E-state index contributed by atoms with van der Waals surface area (Å²) in [6.45, 7) is 0. The summed E-state index contributed by atoms with van der Waals surface area (Å²) in [5.41, 5.74) is 7.66. The van der Waals surface area contributed by atoms with E-state index in [9.17, 15) is 0 Å². The summed E-state index contributed by atoms with van der Waals surface area (Å²) in [4.78, 5) is 0. The maximum atomic E-state index is 2.43. The van der Waals surface area contributed by atoms with E-state index in [2.05, 4.69) is 194 Å². The Kier molecular flexibility index (Phi) is 6.86. The third-order valence-corrected chi connectivity index (χ3v) is 14.7. The predicted octanol–water partition coefficient (Wildman–Crippen LogP) is 17.2. The molecule has 2 heteroatoms. The van der Waals surface area contributed by atoms with Crippen LogP contribution in [0, 0.1) is 0 Å². The molecule has 13 rings (SSSR count). The van der Waals surface area contributed by atoms with Gasteiger partial charge >= 0.3 is 0 Å². The normalized spacial score (nSPS) is 12.1. The minimum Gasteiger partial charge on any atom is -0.135 e. The van der Waals surface area contributed by atoms with E-state index in [4.69, 9.17) is 0 Å². The van der Waals surface area contributed by atoms with Crippen molar-refractivity contribution in [2.75, 3.05) is 0 Å². The zero-order valence-electron chi connectivity index (χ0n) is 31.3. The van der Waals surface area contributed by atoms with Gasteiger partial charge in [-0.2, -0.15) is 0 Å². The average molecular weight is 769 g/mol. The topological polar surface area (TPSA) is 0 Å². The van der Waals surface area contributed by atoms with Gasteiger partial charge in [0.2, 0.25) is 0 Å². The average Bonchev–Trinajstić information content (AvgIpc) is 3.86. The van der Waals surface area contributed by atoms with E-state index in [0.29, 0.717) is 0 Å². The lowest BCUT2D eigenvalue weighted by Gasteiger charge is -2.18. The second-order valence-electron chi connectivity index (χ2n) is 15.5. The van der Waals surface area contributed by atoms with Gasteiger partial charge in [-0.1, -0.05) is 176 Å². The highest BCUT2D eigenvalue weighted by Gasteiger charge is 2.19. The molecule has 0 atom stereocenters. The first-order chi connectivity index (χ1) is 28.8. The van der Waals surface area contributed by atoms with Gasteiger partial charge in [-0.15, -0.1) is 22.7 Å². The number of hydrogen-bond acceptors (Lipinski definition) is 2. The number of rotatable bonds is 3. The van der Waals surface area contributed by atoms with E-state index in [1.165, 1.54) is 128 Å². The van der Waals surface area contributed by atoms with Gasteiger partial charge in [0, 0.05) is 45.7 Å². The van der Waals surface area contributed by atoms with Gasteiger partial charge in [0.05, 0.1) is 0 Å². The van der Waals surface area contributed by atoms with Crippen molar-refractivity contribution in [3.8, 4) is 33.4 Å². The highest BCUT2D eigenvalue weighted by atomic mass is 32.1. The summed E-state index contributed by atoms with van der Waals surface area (Å²) in [5, 5.41) is 18.4. The molecule has 11 aromatic carbocycles. The summed E-state index contributed by atoms with van der Waals surface area (Å²) in [6, 6.07) is 72.5. The highest BCUT2D eigenvalue weighted by Crippen LogP contribution is 2.48. The Morgan fingerprint density at radius 2 is 0.707 bits per heavy atom. The van der Waals surface area contributed by atoms with Crippen LogP contribution >= 0.6 is 22.7 Å². The van der Waals surface area contributed by atoms with Crippen LogP contribution in [0.25, 0.3) is 128 Å². The molecule has 13 aromatic rings. The zero-order valence-corrected chi connectivity index (χ0v) is 32.9. The summed E-state index contributed by atoms with van der Waals surface area (Å²) in [7, 11) is 0. The van der Waals surface area contributed by atoms with Crippen molar-refractivity contribution < 1.29 is 0 Å². The van der Waals surface area contributed by atoms with Crippen molar-refractivity contribution in [1.82, 2.24) is 0 Å². The first-order valence-electron chi connectivity index (χ1n) is 19.9. The standard InChI is InChI=1S/C56H32S2/c1-2-14-37-33(12-1)13-11-23-42(37)54-46-20-8-6-18-44(46)53(45-19-7-9-21-47(45)54)36-26-28-41-40-27-24-34(30-50(40)57-51(41)32-36)35-25-29-49-52(31-35)58-56-48-22-10-4-16-39(48)38-15-3-5-17-43(38)55(49)56/h1-32H. The summed E-state index contributed by atoms with van der Waals surface area (Å²) in [5.74, 6) is 0. The molecule has 0 nitrogen and oxygen atoms in total. The van der Waals surface area contributed by atoms with Crippen molar-refractivity contribution in [3.63, 3.8) is 0 Å². The Morgan fingerprint density at radius 3 is 1.36 bits per heavy atom. The molecule has 0 aliphatic heterocycles. The van der Waals surface area contributed by atoms with E-state index in [1.807, 2.05) is 22.7 Å². The Bertz CT molecular complexity index is 3800. The molecule has 0 N–H and O–H groups in total. The highest BCUT2D eigenvalue weighted by molar-refractivity contribution is 7.27. The van der Waals surface area contributed by atoms with Gasteiger partial charge in [0.15, 0.2) is 0 Å². The molecule has 0 fully saturated rings. The van der Waals surface area contributed by atoms with E-state index in [0.717, 1.165) is 0 Å². The number of thiophene rings is 2. The second kappa shape index (κ2) is 12.3. The molecular weight excluding hydrogens is 737 g/mol. The minimum atomic E-state index is 1.26. The monoisotopic (exact) mass is 768 g/mol. The molecule has 0 saturated carbocycles. The first kappa shape index (κ1) is 32.3. The fourth-order valence-corrected chi connectivity index (χ4v) is 12.4. The molecule has 2 heterocycles. The van der Waals surface area contributed by atoms with Crippen LogP contribution in [0.15, 0.2) is 194 Å². The van der Waals surface area contributed by atoms with E-state index >= 15 is 0 Å². The van der Waals surface area contributed by atoms with Crippen LogP contribution in [-0.4, -0.2) is 0 Å². The van der Waals surface area contributed by atoms with Crippen molar-refractivity contribution in [2.45, 2.75) is 0 Å².